The van der Waals surface area contributed by atoms with E-state index in [-0.39, 0.29) is 0 Å². The fourth-order valence-electron chi connectivity index (χ4n) is 8.57. The van der Waals surface area contributed by atoms with Crippen LogP contribution in [0.3, 0.4) is 0 Å². The fourth-order valence-corrected chi connectivity index (χ4v) is 11.7. The van der Waals surface area contributed by atoms with Gasteiger partial charge < -0.3 is 9.80 Å². The summed E-state index contributed by atoms with van der Waals surface area (Å²) in [5, 5.41) is 2.94. The average Bonchev–Trinajstić information content (AvgIpc) is 3.35. The molecule has 0 saturated heterocycles. The fraction of sp³-hybridized carbons (Fsp3) is 0.0741. The van der Waals surface area contributed by atoms with Crippen LogP contribution in [0.5, 0.6) is 0 Å². The van der Waals surface area contributed by atoms with E-state index in [1.807, 2.05) is 0 Å². The van der Waals surface area contributed by atoms with E-state index in [4.69, 9.17) is 0 Å². The summed E-state index contributed by atoms with van der Waals surface area (Å²) >= 11 is 0. The molecule has 0 N–H and O–H groups in total. The molecule has 2 nitrogen and oxygen atoms in total. The molecule has 0 fully saturated rings. The third-order valence-electron chi connectivity index (χ3n) is 11.5. The van der Waals surface area contributed by atoms with Crippen LogP contribution in [0.2, 0.25) is 13.1 Å². The number of fused-ring (bicyclic) bond motifs is 2. The lowest BCUT2D eigenvalue weighted by Gasteiger charge is -2.28. The Morgan fingerprint density at radius 3 is 0.982 bits per heavy atom. The third-order valence-corrected chi connectivity index (χ3v) is 15.1. The molecule has 3 heteroatoms. The predicted octanol–water partition coefficient (Wildman–Crippen LogP) is 13.9. The van der Waals surface area contributed by atoms with E-state index in [0.717, 1.165) is 34.1 Å². The second kappa shape index (κ2) is 15.1. The van der Waals surface area contributed by atoms with Crippen molar-refractivity contribution in [2.75, 3.05) is 9.80 Å². The van der Waals surface area contributed by atoms with Gasteiger partial charge in [-0.3, -0.25) is 0 Å². The lowest BCUT2D eigenvalue weighted by atomic mass is 9.97. The number of benzene rings is 8. The summed E-state index contributed by atoms with van der Waals surface area (Å²) in [7, 11) is -2.16. The molecule has 0 atom stereocenters. The Morgan fingerprint density at radius 2 is 0.667 bits per heavy atom. The highest BCUT2D eigenvalue weighted by Gasteiger charge is 2.32. The molecule has 0 aliphatic carbocycles. The topological polar surface area (TPSA) is 6.48 Å². The number of hydrogen-bond donors (Lipinski definition) is 0. The smallest absolute Gasteiger partial charge is 0.113 e. The highest BCUT2D eigenvalue weighted by atomic mass is 28.3. The normalized spacial score (nSPS) is 12.6. The molecule has 0 aromatic heterocycles. The number of para-hydroxylation sites is 4. The first kappa shape index (κ1) is 36.0. The minimum absolute atomic E-state index is 1.14. The van der Waals surface area contributed by atoms with E-state index in [2.05, 4.69) is 243 Å². The van der Waals surface area contributed by atoms with Gasteiger partial charge in [0.15, 0.2) is 0 Å². The lowest BCUT2D eigenvalue weighted by Crippen LogP contribution is -2.54. The second-order valence-corrected chi connectivity index (χ2v) is 19.9. The number of hydrogen-bond acceptors (Lipinski definition) is 2. The van der Waals surface area contributed by atoms with Crippen molar-refractivity contribution in [3.8, 4) is 22.3 Å². The molecule has 1 aliphatic rings. The number of rotatable bonds is 8. The number of aryl methyl sites for hydroxylation is 2. The molecule has 0 unspecified atom stereocenters. The van der Waals surface area contributed by atoms with E-state index in [1.54, 1.807) is 0 Å². The van der Waals surface area contributed by atoms with Crippen molar-refractivity contribution < 1.29 is 0 Å². The van der Waals surface area contributed by atoms with Gasteiger partial charge in [-0.05, 0) is 142 Å². The lowest BCUT2D eigenvalue weighted by molar-refractivity contribution is 1.27. The van der Waals surface area contributed by atoms with Crippen LogP contribution in [0.4, 0.5) is 34.1 Å². The Hall–Kier alpha value is -6.68. The van der Waals surface area contributed by atoms with Gasteiger partial charge in [-0.25, -0.2) is 0 Å². The van der Waals surface area contributed by atoms with Gasteiger partial charge in [-0.2, -0.15) is 0 Å². The van der Waals surface area contributed by atoms with Gasteiger partial charge in [-0.1, -0.05) is 147 Å². The van der Waals surface area contributed by atoms with Crippen molar-refractivity contribution in [3.05, 3.63) is 216 Å². The quantitative estimate of drug-likeness (QED) is 0.143. The second-order valence-electron chi connectivity index (χ2n) is 15.6. The largest absolute Gasteiger partial charge is 0.310 e. The molecule has 0 radical (unpaired) electrons. The first-order valence-electron chi connectivity index (χ1n) is 19.8. The van der Waals surface area contributed by atoms with Gasteiger partial charge in [0.25, 0.3) is 0 Å². The van der Waals surface area contributed by atoms with Gasteiger partial charge in [0, 0.05) is 34.1 Å². The monoisotopic (exact) mass is 750 g/mol. The Kier molecular flexibility index (Phi) is 9.53. The van der Waals surface area contributed by atoms with E-state index in [0.29, 0.717) is 0 Å². The molecule has 0 amide bonds. The van der Waals surface area contributed by atoms with Crippen molar-refractivity contribution in [2.45, 2.75) is 26.9 Å². The molecule has 1 heterocycles. The molecule has 57 heavy (non-hydrogen) atoms. The van der Waals surface area contributed by atoms with Gasteiger partial charge >= 0.3 is 0 Å². The maximum atomic E-state index is 2.52. The molecular weight excluding hydrogens is 705 g/mol. The minimum atomic E-state index is -2.16. The Balaban J connectivity index is 1.06. The minimum Gasteiger partial charge on any atom is -0.310 e. The highest BCUT2D eigenvalue weighted by molar-refractivity contribution is 7.01. The Bertz CT molecular complexity index is 2450. The molecule has 0 spiro atoms. The van der Waals surface area contributed by atoms with E-state index in [1.165, 1.54) is 54.9 Å². The summed E-state index contributed by atoms with van der Waals surface area (Å²) in [6.45, 7) is 9.53. The van der Waals surface area contributed by atoms with Crippen LogP contribution >= 0.6 is 0 Å². The van der Waals surface area contributed by atoms with E-state index in [9.17, 15) is 0 Å². The predicted molar refractivity (Wildman–Crippen MR) is 248 cm³/mol. The van der Waals surface area contributed by atoms with Gasteiger partial charge in [-0.15, -0.1) is 0 Å². The average molecular weight is 751 g/mol. The van der Waals surface area contributed by atoms with Crippen LogP contribution in [0.15, 0.2) is 194 Å². The summed E-state index contributed by atoms with van der Waals surface area (Å²) in [5.74, 6) is 0. The van der Waals surface area contributed by atoms with Crippen molar-refractivity contribution in [2.24, 2.45) is 0 Å². The molecule has 1 aliphatic heterocycles. The summed E-state index contributed by atoms with van der Waals surface area (Å²) < 4.78 is 0. The maximum absolute atomic E-state index is 2.52. The molecule has 9 rings (SSSR count). The van der Waals surface area contributed by atoms with Crippen molar-refractivity contribution in [3.63, 3.8) is 0 Å². The maximum Gasteiger partial charge on any atom is 0.113 e. The van der Waals surface area contributed by atoms with Crippen LogP contribution < -0.4 is 20.2 Å². The zero-order chi connectivity index (χ0) is 38.9. The van der Waals surface area contributed by atoms with Crippen LogP contribution in [0.25, 0.3) is 34.4 Å². The summed E-state index contributed by atoms with van der Waals surface area (Å²) in [4.78, 5) is 4.67. The van der Waals surface area contributed by atoms with Gasteiger partial charge in [0.05, 0.1) is 0 Å². The molecule has 8 aromatic rings. The molecule has 276 valence electrons. The van der Waals surface area contributed by atoms with E-state index < -0.39 is 8.07 Å². The number of nitrogens with zero attached hydrogens (tertiary/aromatic N) is 2. The van der Waals surface area contributed by atoms with Crippen molar-refractivity contribution >= 4 is 64.7 Å². The van der Waals surface area contributed by atoms with Crippen LogP contribution in [-0.4, -0.2) is 8.07 Å². The highest BCUT2D eigenvalue weighted by Crippen LogP contribution is 2.39. The van der Waals surface area contributed by atoms with Crippen LogP contribution in [0, 0.1) is 13.8 Å². The van der Waals surface area contributed by atoms with Crippen LogP contribution in [-0.2, 0) is 0 Å². The first-order chi connectivity index (χ1) is 27.8. The molecule has 0 bridgehead atoms. The molecular formula is C54H46N2Si. The van der Waals surface area contributed by atoms with Crippen LogP contribution in [0.1, 0.15) is 22.3 Å². The Labute approximate surface area is 338 Å². The van der Waals surface area contributed by atoms with E-state index >= 15 is 0 Å². The molecule has 8 aromatic carbocycles. The van der Waals surface area contributed by atoms with Crippen molar-refractivity contribution in [1.82, 2.24) is 0 Å². The number of anilines is 6. The zero-order valence-electron chi connectivity index (χ0n) is 33.0. The standard InChI is InChI=1S/C54H46N2Si/c1-39-35-49(55(45-17-9-5-10-18-45)46-19-11-6-12-20-46)31-33-51(39)43-29-27-41-25-26-42-28-30-44(38-54(42)57(3,4)53(41)37-43)52-34-32-50(36-40(52)2)56(47-21-13-7-14-22-47)48-23-15-8-16-24-48/h5-38H,1-4H3. The Morgan fingerprint density at radius 1 is 0.333 bits per heavy atom. The first-order valence-corrected chi connectivity index (χ1v) is 22.8. The van der Waals surface area contributed by atoms with Crippen molar-refractivity contribution in [1.29, 1.82) is 0 Å². The SMILES string of the molecule is Cc1cc(N(c2ccccc2)c2ccccc2)ccc1-c1ccc2c(c1)[Si](C)(C)c1cc(-c3ccc(N(c4ccccc4)c4ccccc4)cc3C)ccc1C=C2. The van der Waals surface area contributed by atoms with Gasteiger partial charge in [0.1, 0.15) is 8.07 Å². The molecule has 0 saturated carbocycles. The summed E-state index contributed by atoms with van der Waals surface area (Å²) in [6, 6.07) is 70.6. The summed E-state index contributed by atoms with van der Waals surface area (Å²) in [6.07, 6.45) is 4.66. The third kappa shape index (κ3) is 6.92. The van der Waals surface area contributed by atoms with Gasteiger partial charge in [0.2, 0.25) is 0 Å². The zero-order valence-corrected chi connectivity index (χ0v) is 34.0. The summed E-state index contributed by atoms with van der Waals surface area (Å²) in [5.41, 5.74) is 17.1.